The van der Waals surface area contributed by atoms with Gasteiger partial charge in [-0.15, -0.1) is 0 Å². The van der Waals surface area contributed by atoms with E-state index in [0.717, 1.165) is 5.56 Å². The Bertz CT molecular complexity index is 580. The number of anilines is 1. The maximum atomic E-state index is 11.1. The molecule has 2 rings (SSSR count). The lowest BCUT2D eigenvalue weighted by atomic mass is 10.2. The molecule has 5 nitrogen and oxygen atoms in total. The van der Waals surface area contributed by atoms with E-state index in [1.165, 1.54) is 6.20 Å². The van der Waals surface area contributed by atoms with Gasteiger partial charge in [0, 0.05) is 0 Å². The first-order chi connectivity index (χ1) is 8.27. The van der Waals surface area contributed by atoms with Crippen molar-refractivity contribution in [1.29, 1.82) is 0 Å². The molecule has 17 heavy (non-hydrogen) atoms. The maximum absolute atomic E-state index is 11.1. The lowest BCUT2D eigenvalue weighted by Crippen LogP contribution is -2.10. The molecule has 86 valence electrons. The van der Waals surface area contributed by atoms with Gasteiger partial charge in [0.15, 0.2) is 0 Å². The first-order valence-electron chi connectivity index (χ1n) is 4.84. The first kappa shape index (κ1) is 11.3. The highest BCUT2D eigenvalue weighted by Crippen LogP contribution is 2.13. The molecule has 0 aliphatic rings. The molecule has 0 aliphatic carbocycles. The Morgan fingerprint density at radius 1 is 1.35 bits per heavy atom. The quantitative estimate of drug-likeness (QED) is 0.644. The average Bonchev–Trinajstić information content (AvgIpc) is 2.36. The van der Waals surface area contributed by atoms with Crippen molar-refractivity contribution < 1.29 is 0 Å². The van der Waals surface area contributed by atoms with Crippen molar-refractivity contribution >= 4 is 23.5 Å². The zero-order chi connectivity index (χ0) is 12.1. The number of hydrazone groups is 1. The van der Waals surface area contributed by atoms with E-state index in [-0.39, 0.29) is 5.02 Å². The van der Waals surface area contributed by atoms with Crippen LogP contribution in [0.2, 0.25) is 5.02 Å². The molecule has 0 spiro atoms. The van der Waals surface area contributed by atoms with E-state index in [9.17, 15) is 4.79 Å². The molecular weight excluding hydrogens is 240 g/mol. The molecule has 0 bridgehead atoms. The number of nitrogens with zero attached hydrogens (tertiary/aromatic N) is 2. The summed E-state index contributed by atoms with van der Waals surface area (Å²) < 4.78 is 0. The average molecular weight is 249 g/mol. The molecule has 0 unspecified atom stereocenters. The molecule has 0 fully saturated rings. The second-order valence-electron chi connectivity index (χ2n) is 3.21. The lowest BCUT2D eigenvalue weighted by molar-refractivity contribution is 0.987. The first-order valence-corrected chi connectivity index (χ1v) is 5.22. The molecule has 1 aromatic carbocycles. The van der Waals surface area contributed by atoms with Gasteiger partial charge in [0.1, 0.15) is 10.7 Å². The van der Waals surface area contributed by atoms with Gasteiger partial charge in [0.05, 0.1) is 12.4 Å². The van der Waals surface area contributed by atoms with Crippen molar-refractivity contribution in [1.82, 2.24) is 10.2 Å². The van der Waals surface area contributed by atoms with E-state index in [2.05, 4.69) is 20.7 Å². The zero-order valence-corrected chi connectivity index (χ0v) is 9.48. The number of hydrogen-bond acceptors (Lipinski definition) is 4. The van der Waals surface area contributed by atoms with Crippen LogP contribution in [0.3, 0.4) is 0 Å². The molecule has 1 aromatic heterocycles. The van der Waals surface area contributed by atoms with Crippen LogP contribution in [-0.2, 0) is 0 Å². The summed E-state index contributed by atoms with van der Waals surface area (Å²) in [5.41, 5.74) is 3.51. The monoisotopic (exact) mass is 248 g/mol. The highest BCUT2D eigenvalue weighted by molar-refractivity contribution is 6.32. The van der Waals surface area contributed by atoms with Crippen LogP contribution in [0, 0.1) is 0 Å². The van der Waals surface area contributed by atoms with E-state index in [0.29, 0.717) is 5.69 Å². The van der Waals surface area contributed by atoms with E-state index < -0.39 is 5.56 Å². The molecule has 2 aromatic rings. The summed E-state index contributed by atoms with van der Waals surface area (Å²) in [4.78, 5) is 11.1. The molecule has 0 saturated carbocycles. The van der Waals surface area contributed by atoms with E-state index in [4.69, 9.17) is 11.6 Å². The topological polar surface area (TPSA) is 70.1 Å². The summed E-state index contributed by atoms with van der Waals surface area (Å²) in [6, 6.07) is 9.54. The SMILES string of the molecule is O=c1[nH]ncc(N/N=C\c2ccccc2)c1Cl. The number of H-pyrrole nitrogens is 1. The van der Waals surface area contributed by atoms with Crippen molar-refractivity contribution in [2.24, 2.45) is 5.10 Å². The number of aromatic nitrogens is 2. The van der Waals surface area contributed by atoms with Crippen LogP contribution in [0.25, 0.3) is 0 Å². The molecule has 1 heterocycles. The molecule has 0 saturated heterocycles. The van der Waals surface area contributed by atoms with Crippen molar-refractivity contribution in [2.45, 2.75) is 0 Å². The number of halogens is 1. The third-order valence-electron chi connectivity index (χ3n) is 1.99. The van der Waals surface area contributed by atoms with Crippen LogP contribution in [0.1, 0.15) is 5.56 Å². The fourth-order valence-electron chi connectivity index (χ4n) is 1.18. The van der Waals surface area contributed by atoms with Crippen LogP contribution in [-0.4, -0.2) is 16.4 Å². The van der Waals surface area contributed by atoms with Crippen LogP contribution in [0.15, 0.2) is 46.4 Å². The minimum atomic E-state index is -0.452. The van der Waals surface area contributed by atoms with Gasteiger partial charge in [-0.3, -0.25) is 10.2 Å². The Morgan fingerprint density at radius 3 is 2.88 bits per heavy atom. The lowest BCUT2D eigenvalue weighted by Gasteiger charge is -2.00. The molecule has 0 atom stereocenters. The van der Waals surface area contributed by atoms with Gasteiger partial charge in [0.25, 0.3) is 5.56 Å². The van der Waals surface area contributed by atoms with Gasteiger partial charge in [-0.05, 0) is 5.56 Å². The Hall–Kier alpha value is -2.14. The van der Waals surface area contributed by atoms with E-state index in [1.807, 2.05) is 30.3 Å². The van der Waals surface area contributed by atoms with E-state index in [1.54, 1.807) is 6.21 Å². The fourth-order valence-corrected chi connectivity index (χ4v) is 1.31. The van der Waals surface area contributed by atoms with Gasteiger partial charge in [0.2, 0.25) is 0 Å². The smallest absolute Gasteiger partial charge is 0.275 e. The molecule has 2 N–H and O–H groups in total. The standard InChI is InChI=1S/C11H9ClN4O/c12-10-9(7-14-16-11(10)17)15-13-6-8-4-2-1-3-5-8/h1-7H,(H2,15,16,17)/b13-6-. The molecule has 0 amide bonds. The molecule has 6 heteroatoms. The Labute approximate surface area is 102 Å². The Kier molecular flexibility index (Phi) is 3.52. The fraction of sp³-hybridized carbons (Fsp3) is 0. The van der Waals surface area contributed by atoms with Gasteiger partial charge < -0.3 is 0 Å². The predicted molar refractivity (Wildman–Crippen MR) is 67.5 cm³/mol. The van der Waals surface area contributed by atoms with Crippen molar-refractivity contribution in [3.63, 3.8) is 0 Å². The van der Waals surface area contributed by atoms with Crippen LogP contribution in [0.4, 0.5) is 5.69 Å². The Balaban J connectivity index is 2.11. The van der Waals surface area contributed by atoms with E-state index >= 15 is 0 Å². The van der Waals surface area contributed by atoms with Crippen LogP contribution in [0.5, 0.6) is 0 Å². The molecular formula is C11H9ClN4O. The van der Waals surface area contributed by atoms with Crippen LogP contribution < -0.4 is 11.0 Å². The van der Waals surface area contributed by atoms with Gasteiger partial charge in [-0.25, -0.2) is 5.10 Å². The Morgan fingerprint density at radius 2 is 2.12 bits per heavy atom. The predicted octanol–water partition coefficient (Wildman–Crippen LogP) is 1.87. The van der Waals surface area contributed by atoms with Crippen LogP contribution >= 0.6 is 11.6 Å². The summed E-state index contributed by atoms with van der Waals surface area (Å²) in [6.07, 6.45) is 3.02. The summed E-state index contributed by atoms with van der Waals surface area (Å²) in [5.74, 6) is 0. The van der Waals surface area contributed by atoms with Gasteiger partial charge >= 0.3 is 0 Å². The summed E-state index contributed by atoms with van der Waals surface area (Å²) >= 11 is 5.75. The van der Waals surface area contributed by atoms with Gasteiger partial charge in [-0.2, -0.15) is 10.2 Å². The number of hydrogen-bond donors (Lipinski definition) is 2. The van der Waals surface area contributed by atoms with Crippen molar-refractivity contribution in [3.05, 3.63) is 57.5 Å². The highest BCUT2D eigenvalue weighted by atomic mass is 35.5. The minimum absolute atomic E-state index is 0.0326. The summed E-state index contributed by atoms with van der Waals surface area (Å²) in [7, 11) is 0. The number of nitrogens with one attached hydrogen (secondary N) is 2. The minimum Gasteiger partial charge on any atom is -0.275 e. The van der Waals surface area contributed by atoms with Gasteiger partial charge in [-0.1, -0.05) is 41.9 Å². The zero-order valence-electron chi connectivity index (χ0n) is 8.72. The number of rotatable bonds is 3. The normalized spacial score (nSPS) is 10.6. The van der Waals surface area contributed by atoms with Crippen molar-refractivity contribution in [2.75, 3.05) is 5.43 Å². The second kappa shape index (κ2) is 5.27. The highest BCUT2D eigenvalue weighted by Gasteiger charge is 2.02. The number of aromatic amines is 1. The third kappa shape index (κ3) is 2.92. The van der Waals surface area contributed by atoms with Crippen molar-refractivity contribution in [3.8, 4) is 0 Å². The summed E-state index contributed by atoms with van der Waals surface area (Å²) in [5, 5.41) is 9.83. The molecule has 0 radical (unpaired) electrons. The second-order valence-corrected chi connectivity index (χ2v) is 3.59. The molecule has 0 aliphatic heterocycles. The third-order valence-corrected chi connectivity index (χ3v) is 2.37. The summed E-state index contributed by atoms with van der Waals surface area (Å²) in [6.45, 7) is 0. The number of benzene rings is 1. The largest absolute Gasteiger partial charge is 0.285 e. The maximum Gasteiger partial charge on any atom is 0.285 e.